The Balaban J connectivity index is 1.90. The number of carbonyl (C=O) groups is 2. The predicted molar refractivity (Wildman–Crippen MR) is 96.2 cm³/mol. The topological polar surface area (TPSA) is 91.0 Å². The zero-order chi connectivity index (χ0) is 18.6. The molecule has 0 aliphatic heterocycles. The fraction of sp³-hybridized carbons (Fsp3) is 0.444. The van der Waals surface area contributed by atoms with E-state index in [-0.39, 0.29) is 24.3 Å². The molecule has 2 heterocycles. The second kappa shape index (κ2) is 7.92. The van der Waals surface area contributed by atoms with Crippen LogP contribution in [0.15, 0.2) is 18.3 Å². The van der Waals surface area contributed by atoms with Crippen molar-refractivity contribution in [3.05, 3.63) is 40.8 Å². The molecule has 7 heteroatoms. The number of aromatic nitrogens is 3. The van der Waals surface area contributed by atoms with Crippen molar-refractivity contribution < 1.29 is 9.59 Å². The minimum Gasteiger partial charge on any atom is -0.336 e. The van der Waals surface area contributed by atoms with Gasteiger partial charge in [-0.2, -0.15) is 5.10 Å². The van der Waals surface area contributed by atoms with Crippen LogP contribution in [0.4, 0.5) is 5.82 Å². The van der Waals surface area contributed by atoms with E-state index in [2.05, 4.69) is 20.5 Å². The lowest BCUT2D eigenvalue weighted by atomic mass is 9.98. The highest BCUT2D eigenvalue weighted by Gasteiger charge is 2.22. The lowest BCUT2D eigenvalue weighted by Crippen LogP contribution is -2.38. The molecule has 0 aliphatic rings. The average molecular weight is 343 g/mol. The van der Waals surface area contributed by atoms with E-state index in [0.29, 0.717) is 12.2 Å². The molecule has 7 nitrogen and oxygen atoms in total. The molecule has 0 aromatic carbocycles. The maximum Gasteiger partial charge on any atom is 0.245 e. The Labute approximate surface area is 147 Å². The van der Waals surface area contributed by atoms with E-state index in [1.807, 2.05) is 33.8 Å². The van der Waals surface area contributed by atoms with E-state index < -0.39 is 0 Å². The van der Waals surface area contributed by atoms with Crippen molar-refractivity contribution in [1.82, 2.24) is 20.1 Å². The zero-order valence-corrected chi connectivity index (χ0v) is 15.4. The van der Waals surface area contributed by atoms with Gasteiger partial charge in [0.15, 0.2) is 0 Å². The summed E-state index contributed by atoms with van der Waals surface area (Å²) >= 11 is 0. The van der Waals surface area contributed by atoms with Crippen molar-refractivity contribution in [2.75, 3.05) is 18.9 Å². The van der Waals surface area contributed by atoms with Crippen molar-refractivity contribution >= 4 is 17.6 Å². The standard InChI is InChI=1S/C18H25N5O2/c1-11-6-7-16(19-9-11)20-17(24)10-23(5)18(25)12(2)8-15-13(3)21-22-14(15)4/h6-7,9,12H,8,10H2,1-5H3,(H,21,22)(H,19,20,24)/t12-/m1/s1. The molecule has 0 saturated carbocycles. The molecule has 0 radical (unpaired) electrons. The minimum absolute atomic E-state index is 0.0118. The summed E-state index contributed by atoms with van der Waals surface area (Å²) in [5.74, 6) is -0.0958. The van der Waals surface area contributed by atoms with E-state index >= 15 is 0 Å². The summed E-state index contributed by atoms with van der Waals surface area (Å²) in [5, 5.41) is 9.78. The van der Waals surface area contributed by atoms with Crippen molar-refractivity contribution in [3.8, 4) is 0 Å². The van der Waals surface area contributed by atoms with Crippen molar-refractivity contribution in [2.24, 2.45) is 5.92 Å². The number of H-pyrrole nitrogens is 1. The second-order valence-corrected chi connectivity index (χ2v) is 6.48. The fourth-order valence-corrected chi connectivity index (χ4v) is 2.66. The third-order valence-corrected chi connectivity index (χ3v) is 4.15. The molecule has 0 bridgehead atoms. The highest BCUT2D eigenvalue weighted by molar-refractivity contribution is 5.94. The van der Waals surface area contributed by atoms with Crippen LogP contribution in [0.1, 0.15) is 29.4 Å². The number of nitrogens with zero attached hydrogens (tertiary/aromatic N) is 3. The summed E-state index contributed by atoms with van der Waals surface area (Å²) in [5.41, 5.74) is 3.96. The number of hydrogen-bond donors (Lipinski definition) is 2. The minimum atomic E-state index is -0.268. The number of carbonyl (C=O) groups excluding carboxylic acids is 2. The van der Waals surface area contributed by atoms with Gasteiger partial charge in [-0.3, -0.25) is 14.7 Å². The summed E-state index contributed by atoms with van der Waals surface area (Å²) in [6.45, 7) is 7.64. The van der Waals surface area contributed by atoms with Gasteiger partial charge in [0.1, 0.15) is 5.82 Å². The van der Waals surface area contributed by atoms with Crippen LogP contribution >= 0.6 is 0 Å². The van der Waals surface area contributed by atoms with Crippen LogP contribution in [-0.2, 0) is 16.0 Å². The van der Waals surface area contributed by atoms with Gasteiger partial charge in [0, 0.05) is 24.9 Å². The number of pyridine rings is 1. The van der Waals surface area contributed by atoms with Gasteiger partial charge in [0.25, 0.3) is 0 Å². The molecule has 134 valence electrons. The van der Waals surface area contributed by atoms with E-state index in [1.165, 1.54) is 4.90 Å². The molecule has 2 amide bonds. The predicted octanol–water partition coefficient (Wildman–Crippen LogP) is 2.01. The Morgan fingerprint density at radius 3 is 2.56 bits per heavy atom. The molecule has 2 rings (SSSR count). The average Bonchev–Trinajstić information content (AvgIpc) is 2.88. The monoisotopic (exact) mass is 343 g/mol. The van der Waals surface area contributed by atoms with E-state index in [9.17, 15) is 9.59 Å². The number of anilines is 1. The summed E-state index contributed by atoms with van der Waals surface area (Å²) in [7, 11) is 1.63. The summed E-state index contributed by atoms with van der Waals surface area (Å²) < 4.78 is 0. The lowest BCUT2D eigenvalue weighted by molar-refractivity contribution is -0.136. The zero-order valence-electron chi connectivity index (χ0n) is 15.4. The third-order valence-electron chi connectivity index (χ3n) is 4.15. The number of amides is 2. The van der Waals surface area contributed by atoms with Gasteiger partial charge < -0.3 is 10.2 Å². The van der Waals surface area contributed by atoms with Crippen LogP contribution in [0.5, 0.6) is 0 Å². The Morgan fingerprint density at radius 2 is 2.00 bits per heavy atom. The van der Waals surface area contributed by atoms with Gasteiger partial charge in [-0.25, -0.2) is 4.98 Å². The van der Waals surface area contributed by atoms with Gasteiger partial charge >= 0.3 is 0 Å². The molecule has 0 spiro atoms. The normalized spacial score (nSPS) is 11.9. The third kappa shape index (κ3) is 4.89. The quantitative estimate of drug-likeness (QED) is 0.839. The van der Waals surface area contributed by atoms with E-state index in [1.54, 1.807) is 19.3 Å². The Morgan fingerprint density at radius 1 is 1.28 bits per heavy atom. The molecular formula is C18H25N5O2. The first-order chi connectivity index (χ1) is 11.8. The second-order valence-electron chi connectivity index (χ2n) is 6.48. The Bertz CT molecular complexity index is 732. The number of rotatable bonds is 6. The summed E-state index contributed by atoms with van der Waals surface area (Å²) in [6, 6.07) is 3.61. The van der Waals surface area contributed by atoms with Crippen LogP contribution in [0, 0.1) is 26.7 Å². The van der Waals surface area contributed by atoms with Crippen molar-refractivity contribution in [2.45, 2.75) is 34.1 Å². The van der Waals surface area contributed by atoms with Gasteiger partial charge in [0.2, 0.25) is 11.8 Å². The molecule has 0 saturated heterocycles. The SMILES string of the molecule is Cc1ccc(NC(=O)CN(C)C(=O)[C@H](C)Cc2c(C)n[nH]c2C)nc1. The summed E-state index contributed by atoms with van der Waals surface area (Å²) in [4.78, 5) is 30.2. The number of aromatic amines is 1. The molecule has 0 fully saturated rings. The van der Waals surface area contributed by atoms with E-state index in [4.69, 9.17) is 0 Å². The molecule has 25 heavy (non-hydrogen) atoms. The molecule has 0 aliphatic carbocycles. The van der Waals surface area contributed by atoms with Crippen LogP contribution in [0.3, 0.4) is 0 Å². The molecule has 2 aromatic heterocycles. The first-order valence-electron chi connectivity index (χ1n) is 8.26. The van der Waals surface area contributed by atoms with Gasteiger partial charge in [0.05, 0.1) is 12.2 Å². The maximum absolute atomic E-state index is 12.5. The van der Waals surface area contributed by atoms with Gasteiger partial charge in [-0.05, 0) is 44.4 Å². The molecule has 0 unspecified atom stereocenters. The van der Waals surface area contributed by atoms with Crippen LogP contribution < -0.4 is 5.32 Å². The molecule has 2 aromatic rings. The maximum atomic E-state index is 12.5. The highest BCUT2D eigenvalue weighted by atomic mass is 16.2. The molecule has 2 N–H and O–H groups in total. The number of likely N-dealkylation sites (N-methyl/N-ethyl adjacent to an activating group) is 1. The molecular weight excluding hydrogens is 318 g/mol. The van der Waals surface area contributed by atoms with Gasteiger partial charge in [-0.1, -0.05) is 13.0 Å². The highest BCUT2D eigenvalue weighted by Crippen LogP contribution is 2.16. The molecule has 1 atom stereocenters. The van der Waals surface area contributed by atoms with Crippen LogP contribution in [0.2, 0.25) is 0 Å². The van der Waals surface area contributed by atoms with Gasteiger partial charge in [-0.15, -0.1) is 0 Å². The number of aryl methyl sites for hydroxylation is 3. The number of nitrogens with one attached hydrogen (secondary N) is 2. The first kappa shape index (κ1) is 18.6. The Hall–Kier alpha value is -2.70. The lowest BCUT2D eigenvalue weighted by Gasteiger charge is -2.21. The van der Waals surface area contributed by atoms with Crippen molar-refractivity contribution in [3.63, 3.8) is 0 Å². The fourth-order valence-electron chi connectivity index (χ4n) is 2.66. The largest absolute Gasteiger partial charge is 0.336 e. The van der Waals surface area contributed by atoms with Crippen LogP contribution in [-0.4, -0.2) is 45.5 Å². The van der Waals surface area contributed by atoms with Crippen LogP contribution in [0.25, 0.3) is 0 Å². The smallest absolute Gasteiger partial charge is 0.245 e. The summed E-state index contributed by atoms with van der Waals surface area (Å²) in [6.07, 6.45) is 2.28. The van der Waals surface area contributed by atoms with E-state index in [0.717, 1.165) is 22.5 Å². The first-order valence-corrected chi connectivity index (χ1v) is 8.26. The number of hydrogen-bond acceptors (Lipinski definition) is 4. The Kier molecular flexibility index (Phi) is 5.90. The van der Waals surface area contributed by atoms with Crippen molar-refractivity contribution in [1.29, 1.82) is 0 Å².